The van der Waals surface area contributed by atoms with E-state index in [9.17, 15) is 14.7 Å². The van der Waals surface area contributed by atoms with Crippen LogP contribution in [0.15, 0.2) is 48.5 Å². The number of ketones is 2. The predicted octanol–water partition coefficient (Wildman–Crippen LogP) is 3.35. The number of benzene rings is 2. The molecule has 0 unspecified atom stereocenters. The quantitative estimate of drug-likeness (QED) is 0.668. The molecule has 2 aromatic rings. The summed E-state index contributed by atoms with van der Waals surface area (Å²) >= 11 is 0. The van der Waals surface area contributed by atoms with E-state index in [4.69, 9.17) is 4.74 Å². The summed E-state index contributed by atoms with van der Waals surface area (Å²) < 4.78 is 5.54. The number of phenolic OH excluding ortho intramolecular Hbond substituents is 1. The summed E-state index contributed by atoms with van der Waals surface area (Å²) in [6, 6.07) is 13.5. The van der Waals surface area contributed by atoms with Gasteiger partial charge in [0.1, 0.15) is 23.0 Å². The van der Waals surface area contributed by atoms with Crippen LogP contribution < -0.4 is 4.74 Å². The molecule has 0 radical (unpaired) electrons. The Morgan fingerprint density at radius 1 is 1.05 bits per heavy atom. The molecular formula is C16H14O4. The highest BCUT2D eigenvalue weighted by molar-refractivity contribution is 6.08. The molecule has 0 spiro atoms. The van der Waals surface area contributed by atoms with E-state index in [1.807, 2.05) is 18.2 Å². The molecule has 0 fully saturated rings. The Morgan fingerprint density at radius 2 is 1.75 bits per heavy atom. The summed E-state index contributed by atoms with van der Waals surface area (Å²) in [6.07, 6.45) is -0.216. The van der Waals surface area contributed by atoms with Crippen molar-refractivity contribution < 1.29 is 19.4 Å². The van der Waals surface area contributed by atoms with Crippen molar-refractivity contribution in [1.29, 1.82) is 0 Å². The van der Waals surface area contributed by atoms with Gasteiger partial charge in [-0.1, -0.05) is 18.2 Å². The second-order valence-corrected chi connectivity index (χ2v) is 4.40. The maximum absolute atomic E-state index is 11.7. The molecule has 0 bridgehead atoms. The minimum atomic E-state index is -0.402. The van der Waals surface area contributed by atoms with E-state index in [1.165, 1.54) is 19.1 Å². The molecule has 0 atom stereocenters. The molecule has 2 rings (SSSR count). The van der Waals surface area contributed by atoms with Crippen LogP contribution in [-0.2, 0) is 4.79 Å². The van der Waals surface area contributed by atoms with Gasteiger partial charge >= 0.3 is 0 Å². The lowest BCUT2D eigenvalue weighted by Crippen LogP contribution is -2.05. The molecule has 1 N–H and O–H groups in total. The molecule has 102 valence electrons. The van der Waals surface area contributed by atoms with Crippen molar-refractivity contribution in [3.63, 3.8) is 0 Å². The van der Waals surface area contributed by atoms with Crippen LogP contribution in [0, 0.1) is 0 Å². The highest BCUT2D eigenvalue weighted by Gasteiger charge is 2.14. The predicted molar refractivity (Wildman–Crippen MR) is 74.3 cm³/mol. The molecule has 0 aromatic heterocycles. The van der Waals surface area contributed by atoms with Crippen LogP contribution in [0.2, 0.25) is 0 Å². The standard InChI is InChI=1S/C16H14O4/c1-11(17)9-15(18)14-8-7-13(10-16(14)19)20-12-5-3-2-4-6-12/h2-8,10,19H,9H2,1H3. The fourth-order valence-corrected chi connectivity index (χ4v) is 1.76. The van der Waals surface area contributed by atoms with Gasteiger partial charge in [-0.15, -0.1) is 0 Å². The number of carbonyl (C=O) groups is 2. The highest BCUT2D eigenvalue weighted by atomic mass is 16.5. The maximum atomic E-state index is 11.7. The third-order valence-corrected chi connectivity index (χ3v) is 2.66. The van der Waals surface area contributed by atoms with E-state index in [2.05, 4.69) is 0 Å². The lowest BCUT2D eigenvalue weighted by Gasteiger charge is -2.08. The Labute approximate surface area is 116 Å². The smallest absolute Gasteiger partial charge is 0.173 e. The van der Waals surface area contributed by atoms with Gasteiger partial charge in [0.2, 0.25) is 0 Å². The van der Waals surface area contributed by atoms with Gasteiger partial charge in [-0.05, 0) is 31.2 Å². The van der Waals surface area contributed by atoms with Crippen molar-refractivity contribution in [2.75, 3.05) is 0 Å². The summed E-state index contributed by atoms with van der Waals surface area (Å²) in [5.41, 5.74) is 0.126. The van der Waals surface area contributed by atoms with Crippen LogP contribution in [0.25, 0.3) is 0 Å². The van der Waals surface area contributed by atoms with Crippen molar-refractivity contribution >= 4 is 11.6 Å². The normalized spacial score (nSPS) is 10.1. The second-order valence-electron chi connectivity index (χ2n) is 4.40. The Bertz CT molecular complexity index is 632. The van der Waals surface area contributed by atoms with E-state index in [-0.39, 0.29) is 23.5 Å². The number of rotatable bonds is 5. The maximum Gasteiger partial charge on any atom is 0.173 e. The summed E-state index contributed by atoms with van der Waals surface area (Å²) in [5.74, 6) is 0.229. The van der Waals surface area contributed by atoms with Crippen molar-refractivity contribution in [3.05, 3.63) is 54.1 Å². The average molecular weight is 270 g/mol. The monoisotopic (exact) mass is 270 g/mol. The topological polar surface area (TPSA) is 63.6 Å². The first kappa shape index (κ1) is 13.8. The largest absolute Gasteiger partial charge is 0.507 e. The number of Topliss-reactive ketones (excluding diaryl/α,β-unsaturated/α-hetero) is 2. The van der Waals surface area contributed by atoms with Gasteiger partial charge in [-0.25, -0.2) is 0 Å². The van der Waals surface area contributed by atoms with Crippen LogP contribution in [0.4, 0.5) is 0 Å². The number of hydrogen-bond donors (Lipinski definition) is 1. The van der Waals surface area contributed by atoms with Gasteiger partial charge in [0.15, 0.2) is 5.78 Å². The first-order valence-electron chi connectivity index (χ1n) is 6.15. The van der Waals surface area contributed by atoms with Crippen LogP contribution >= 0.6 is 0 Å². The van der Waals surface area contributed by atoms with Crippen LogP contribution in [-0.4, -0.2) is 16.7 Å². The summed E-state index contributed by atoms with van der Waals surface area (Å²) in [6.45, 7) is 1.34. The zero-order chi connectivity index (χ0) is 14.5. The minimum absolute atomic E-state index is 0.126. The molecular weight excluding hydrogens is 256 g/mol. The average Bonchev–Trinajstić information content (AvgIpc) is 2.39. The van der Waals surface area contributed by atoms with Crippen molar-refractivity contribution in [1.82, 2.24) is 0 Å². The molecule has 0 heterocycles. The molecule has 0 aliphatic rings. The molecule has 20 heavy (non-hydrogen) atoms. The summed E-state index contributed by atoms with van der Waals surface area (Å²) in [4.78, 5) is 22.6. The van der Waals surface area contributed by atoms with Gasteiger partial charge in [-0.2, -0.15) is 0 Å². The molecule has 0 aliphatic heterocycles. The van der Waals surface area contributed by atoms with E-state index in [0.717, 1.165) is 0 Å². The second kappa shape index (κ2) is 6.02. The number of carbonyl (C=O) groups excluding carboxylic acids is 2. The lowest BCUT2D eigenvalue weighted by atomic mass is 10.1. The zero-order valence-electron chi connectivity index (χ0n) is 11.0. The molecule has 0 aliphatic carbocycles. The Balaban J connectivity index is 2.17. The molecule has 2 aromatic carbocycles. The van der Waals surface area contributed by atoms with Gasteiger partial charge in [0.25, 0.3) is 0 Å². The SMILES string of the molecule is CC(=O)CC(=O)c1ccc(Oc2ccccc2)cc1O. The van der Waals surface area contributed by atoms with Crippen LogP contribution in [0.3, 0.4) is 0 Å². The van der Waals surface area contributed by atoms with E-state index < -0.39 is 5.78 Å². The fraction of sp³-hybridized carbons (Fsp3) is 0.125. The lowest BCUT2D eigenvalue weighted by molar-refractivity contribution is -0.116. The first-order valence-corrected chi connectivity index (χ1v) is 6.15. The van der Waals surface area contributed by atoms with Gasteiger partial charge < -0.3 is 9.84 Å². The zero-order valence-corrected chi connectivity index (χ0v) is 11.0. The molecule has 4 heteroatoms. The van der Waals surface area contributed by atoms with E-state index in [1.54, 1.807) is 18.2 Å². The van der Waals surface area contributed by atoms with Crippen molar-refractivity contribution in [2.24, 2.45) is 0 Å². The summed E-state index contributed by atoms with van der Waals surface area (Å²) in [7, 11) is 0. The first-order chi connectivity index (χ1) is 9.56. The number of phenols is 1. The number of ether oxygens (including phenoxy) is 1. The molecule has 4 nitrogen and oxygen atoms in total. The molecule has 0 amide bonds. The number of para-hydroxylation sites is 1. The van der Waals surface area contributed by atoms with Gasteiger partial charge in [-0.3, -0.25) is 9.59 Å². The minimum Gasteiger partial charge on any atom is -0.507 e. The summed E-state index contributed by atoms with van der Waals surface area (Å²) in [5, 5.41) is 9.84. The van der Waals surface area contributed by atoms with Crippen LogP contribution in [0.5, 0.6) is 17.2 Å². The Morgan fingerprint density at radius 3 is 2.35 bits per heavy atom. The highest BCUT2D eigenvalue weighted by Crippen LogP contribution is 2.28. The Kier molecular flexibility index (Phi) is 4.15. The third-order valence-electron chi connectivity index (χ3n) is 2.66. The number of aromatic hydroxyl groups is 1. The fourth-order valence-electron chi connectivity index (χ4n) is 1.76. The van der Waals surface area contributed by atoms with Gasteiger partial charge in [0.05, 0.1) is 12.0 Å². The number of hydrogen-bond acceptors (Lipinski definition) is 4. The van der Waals surface area contributed by atoms with E-state index in [0.29, 0.717) is 11.5 Å². The van der Waals surface area contributed by atoms with Gasteiger partial charge in [0, 0.05) is 6.07 Å². The Hall–Kier alpha value is -2.62. The van der Waals surface area contributed by atoms with Crippen LogP contribution in [0.1, 0.15) is 23.7 Å². The van der Waals surface area contributed by atoms with Crippen molar-refractivity contribution in [2.45, 2.75) is 13.3 Å². The molecule has 0 saturated heterocycles. The molecule has 0 saturated carbocycles. The third kappa shape index (κ3) is 3.45. The van der Waals surface area contributed by atoms with E-state index >= 15 is 0 Å². The van der Waals surface area contributed by atoms with Crippen molar-refractivity contribution in [3.8, 4) is 17.2 Å².